The molecule has 0 aliphatic carbocycles. The Kier molecular flexibility index (Phi) is 6.77. The van der Waals surface area contributed by atoms with Gasteiger partial charge in [0.2, 0.25) is 10.0 Å². The zero-order valence-electron chi connectivity index (χ0n) is 19.6. The minimum absolute atomic E-state index is 0.0502. The van der Waals surface area contributed by atoms with E-state index in [1.807, 2.05) is 43.3 Å². The van der Waals surface area contributed by atoms with Gasteiger partial charge in [-0.2, -0.15) is 4.31 Å². The van der Waals surface area contributed by atoms with Crippen LogP contribution in [0.3, 0.4) is 0 Å². The lowest BCUT2D eigenvalue weighted by Gasteiger charge is -2.21. The van der Waals surface area contributed by atoms with Gasteiger partial charge >= 0.3 is 0 Å². The fraction of sp³-hybridized carbons (Fsp3) is 0.333. The molecule has 0 aromatic heterocycles. The summed E-state index contributed by atoms with van der Waals surface area (Å²) in [6.45, 7) is 4.19. The van der Waals surface area contributed by atoms with Crippen LogP contribution in [-0.2, 0) is 21.3 Å². The van der Waals surface area contributed by atoms with Crippen molar-refractivity contribution in [3.63, 3.8) is 0 Å². The van der Waals surface area contributed by atoms with Crippen LogP contribution in [0.1, 0.15) is 17.5 Å². The van der Waals surface area contributed by atoms with Gasteiger partial charge in [0.15, 0.2) is 11.5 Å². The summed E-state index contributed by atoms with van der Waals surface area (Å²) in [5.74, 6) is 0.649. The van der Waals surface area contributed by atoms with Gasteiger partial charge in [-0.1, -0.05) is 36.4 Å². The Morgan fingerprint density at radius 1 is 1.09 bits per heavy atom. The lowest BCUT2D eigenvalue weighted by molar-refractivity contribution is 0.165. The van der Waals surface area contributed by atoms with Crippen LogP contribution in [0.5, 0.6) is 11.5 Å². The van der Waals surface area contributed by atoms with Gasteiger partial charge in [-0.3, -0.25) is 0 Å². The molecule has 184 valence electrons. The lowest BCUT2D eigenvalue weighted by atomic mass is 9.98. The van der Waals surface area contributed by atoms with Crippen molar-refractivity contribution in [2.45, 2.75) is 24.8 Å². The van der Waals surface area contributed by atoms with E-state index >= 15 is 0 Å². The van der Waals surface area contributed by atoms with Crippen molar-refractivity contribution in [3.8, 4) is 22.6 Å². The predicted octanol–water partition coefficient (Wildman–Crippen LogP) is 4.80. The predicted molar refractivity (Wildman–Crippen MR) is 131 cm³/mol. The zero-order valence-corrected chi connectivity index (χ0v) is 20.4. The van der Waals surface area contributed by atoms with E-state index < -0.39 is 15.8 Å². The smallest absolute Gasteiger partial charge is 0.246 e. The molecule has 1 fully saturated rings. The fourth-order valence-corrected chi connectivity index (χ4v) is 6.01. The van der Waals surface area contributed by atoms with Gasteiger partial charge in [-0.25, -0.2) is 12.8 Å². The second-order valence-corrected chi connectivity index (χ2v) is 10.8. The van der Waals surface area contributed by atoms with Gasteiger partial charge < -0.3 is 14.2 Å². The van der Waals surface area contributed by atoms with Gasteiger partial charge in [-0.05, 0) is 54.3 Å². The number of halogens is 1. The third kappa shape index (κ3) is 4.91. The van der Waals surface area contributed by atoms with E-state index in [1.165, 1.54) is 22.5 Å². The van der Waals surface area contributed by atoms with E-state index in [4.69, 9.17) is 14.2 Å². The first-order valence-corrected chi connectivity index (χ1v) is 13.2. The Balaban J connectivity index is 1.54. The molecule has 3 aromatic rings. The third-order valence-electron chi connectivity index (χ3n) is 6.47. The largest absolute Gasteiger partial charge is 0.489 e. The van der Waals surface area contributed by atoms with E-state index in [-0.39, 0.29) is 24.6 Å². The number of benzene rings is 3. The van der Waals surface area contributed by atoms with Crippen LogP contribution < -0.4 is 9.47 Å². The molecule has 35 heavy (non-hydrogen) atoms. The summed E-state index contributed by atoms with van der Waals surface area (Å²) in [6, 6.07) is 17.3. The van der Waals surface area contributed by atoms with E-state index in [2.05, 4.69) is 0 Å². The van der Waals surface area contributed by atoms with Crippen LogP contribution in [0, 0.1) is 18.7 Å². The summed E-state index contributed by atoms with van der Waals surface area (Å²) in [4.78, 5) is -0.337. The van der Waals surface area contributed by atoms with Crippen LogP contribution in [0.4, 0.5) is 4.39 Å². The van der Waals surface area contributed by atoms with Crippen LogP contribution >= 0.6 is 0 Å². The molecule has 6 nitrogen and oxygen atoms in total. The second-order valence-electron chi connectivity index (χ2n) is 8.94. The average Bonchev–Trinajstić information content (AvgIpc) is 3.27. The summed E-state index contributed by atoms with van der Waals surface area (Å²) in [5, 5.41) is 0. The Bertz CT molecular complexity index is 1320. The SMILES string of the molecule is Cc1ccccc1-c1cc2c(c(OCC3CCOC3)c1)OCCN(S(=O)(=O)c1ccccc1F)C2. The molecular formula is C27H28FNO5S. The molecule has 8 heteroatoms. The number of hydrogen-bond donors (Lipinski definition) is 0. The Morgan fingerprint density at radius 2 is 1.89 bits per heavy atom. The maximum absolute atomic E-state index is 14.4. The Morgan fingerprint density at radius 3 is 2.66 bits per heavy atom. The van der Waals surface area contributed by atoms with Crippen molar-refractivity contribution >= 4 is 10.0 Å². The van der Waals surface area contributed by atoms with Gasteiger partial charge in [0.05, 0.1) is 13.2 Å². The molecule has 0 radical (unpaired) electrons. The molecule has 2 aliphatic heterocycles. The van der Waals surface area contributed by atoms with Crippen molar-refractivity contribution in [3.05, 3.63) is 77.6 Å². The molecule has 2 heterocycles. The third-order valence-corrected chi connectivity index (χ3v) is 8.35. The molecule has 1 saturated heterocycles. The van der Waals surface area contributed by atoms with Crippen LogP contribution in [0.15, 0.2) is 65.6 Å². The molecule has 1 unspecified atom stereocenters. The zero-order chi connectivity index (χ0) is 24.4. The molecule has 1 atom stereocenters. The Hall–Kier alpha value is -2.94. The van der Waals surface area contributed by atoms with E-state index in [0.29, 0.717) is 36.2 Å². The highest BCUT2D eigenvalue weighted by molar-refractivity contribution is 7.89. The van der Waals surface area contributed by atoms with Crippen molar-refractivity contribution < 1.29 is 27.0 Å². The lowest BCUT2D eigenvalue weighted by Crippen LogP contribution is -2.33. The normalized spacial score (nSPS) is 18.5. The van der Waals surface area contributed by atoms with E-state index in [0.717, 1.165) is 35.8 Å². The first-order valence-electron chi connectivity index (χ1n) is 11.7. The monoisotopic (exact) mass is 497 g/mol. The van der Waals surface area contributed by atoms with E-state index in [1.54, 1.807) is 0 Å². The number of aryl methyl sites for hydroxylation is 1. The summed E-state index contributed by atoms with van der Waals surface area (Å²) < 4.78 is 60.1. The van der Waals surface area contributed by atoms with Crippen molar-refractivity contribution in [1.82, 2.24) is 4.31 Å². The highest BCUT2D eigenvalue weighted by atomic mass is 32.2. The molecule has 3 aromatic carbocycles. The molecule has 0 N–H and O–H groups in total. The fourth-order valence-electron chi connectivity index (χ4n) is 4.54. The number of rotatable bonds is 6. The van der Waals surface area contributed by atoms with Crippen molar-refractivity contribution in [2.75, 3.05) is 33.0 Å². The summed E-state index contributed by atoms with van der Waals surface area (Å²) in [5.41, 5.74) is 3.71. The average molecular weight is 498 g/mol. The Labute approximate surface area is 205 Å². The first-order chi connectivity index (χ1) is 16.9. The summed E-state index contributed by atoms with van der Waals surface area (Å²) in [7, 11) is -4.06. The second kappa shape index (κ2) is 9.97. The molecule has 2 aliphatic rings. The number of nitrogens with zero attached hydrogens (tertiary/aromatic N) is 1. The van der Waals surface area contributed by atoms with Gasteiger partial charge in [0.25, 0.3) is 0 Å². The number of fused-ring (bicyclic) bond motifs is 1. The van der Waals surface area contributed by atoms with Crippen LogP contribution in [0.25, 0.3) is 11.1 Å². The number of sulfonamides is 1. The molecule has 0 amide bonds. The standard InChI is InChI=1S/C27H28FNO5S/c1-19-6-2-3-7-23(19)21-14-22-16-29(35(30,31)26-9-5-4-8-24(26)28)11-13-33-27(22)25(15-21)34-18-20-10-12-32-17-20/h2-9,14-15,20H,10-13,16-18H2,1H3. The molecule has 5 rings (SSSR count). The van der Waals surface area contributed by atoms with Crippen molar-refractivity contribution in [2.24, 2.45) is 5.92 Å². The summed E-state index contributed by atoms with van der Waals surface area (Å²) >= 11 is 0. The van der Waals surface area contributed by atoms with Gasteiger partial charge in [0, 0.05) is 31.2 Å². The minimum Gasteiger partial charge on any atom is -0.489 e. The maximum Gasteiger partial charge on any atom is 0.246 e. The first kappa shape index (κ1) is 23.8. The van der Waals surface area contributed by atoms with Gasteiger partial charge in [0.1, 0.15) is 17.3 Å². The quantitative estimate of drug-likeness (QED) is 0.490. The van der Waals surface area contributed by atoms with E-state index in [9.17, 15) is 12.8 Å². The minimum atomic E-state index is -4.06. The highest BCUT2D eigenvalue weighted by Gasteiger charge is 2.31. The number of ether oxygens (including phenoxy) is 3. The van der Waals surface area contributed by atoms with Crippen LogP contribution in [0.2, 0.25) is 0 Å². The number of hydrogen-bond acceptors (Lipinski definition) is 5. The molecule has 0 spiro atoms. The summed E-state index contributed by atoms with van der Waals surface area (Å²) in [6.07, 6.45) is 0.940. The highest BCUT2D eigenvalue weighted by Crippen LogP contribution is 2.40. The van der Waals surface area contributed by atoms with Crippen molar-refractivity contribution in [1.29, 1.82) is 0 Å². The molecule has 0 saturated carbocycles. The molecule has 0 bridgehead atoms. The maximum atomic E-state index is 14.4. The topological polar surface area (TPSA) is 65.1 Å². The van der Waals surface area contributed by atoms with Gasteiger partial charge in [-0.15, -0.1) is 0 Å². The van der Waals surface area contributed by atoms with Crippen LogP contribution in [-0.4, -0.2) is 45.7 Å². The molecular weight excluding hydrogens is 469 g/mol.